The van der Waals surface area contributed by atoms with E-state index >= 15 is 4.39 Å². The van der Waals surface area contributed by atoms with E-state index in [0.717, 1.165) is 48.0 Å². The first-order chi connectivity index (χ1) is 16.2. The number of aromatic nitrogens is 5. The maximum absolute atomic E-state index is 15.2. The zero-order valence-corrected chi connectivity index (χ0v) is 18.0. The third-order valence-corrected chi connectivity index (χ3v) is 6.43. The minimum Gasteiger partial charge on any atom is -0.271 e. The molecule has 1 aliphatic carbocycles. The normalized spacial score (nSPS) is 18.2. The number of rotatable bonds is 5. The first-order valence-corrected chi connectivity index (χ1v) is 11.1. The van der Waals surface area contributed by atoms with Crippen LogP contribution in [0.25, 0.3) is 27.8 Å². The first kappa shape index (κ1) is 20.8. The highest BCUT2D eigenvalue weighted by molar-refractivity contribution is 5.83. The Morgan fingerprint density at radius 3 is 2.64 bits per heavy atom. The van der Waals surface area contributed by atoms with Crippen LogP contribution in [0.3, 0.4) is 0 Å². The Kier molecular flexibility index (Phi) is 5.58. The number of hydrogen-bond donors (Lipinski definition) is 0. The van der Waals surface area contributed by atoms with Gasteiger partial charge in [-0.2, -0.15) is 20.7 Å². The van der Waals surface area contributed by atoms with E-state index in [1.165, 1.54) is 6.07 Å². The fraction of sp³-hybridized carbons (Fsp3) is 0.320. The molecule has 1 aliphatic rings. The molecule has 33 heavy (non-hydrogen) atoms. The van der Waals surface area contributed by atoms with Crippen LogP contribution in [0.2, 0.25) is 0 Å². The molecule has 1 saturated carbocycles. The minimum atomic E-state index is -0.341. The van der Waals surface area contributed by atoms with Crippen molar-refractivity contribution in [2.75, 3.05) is 0 Å². The molecule has 4 aromatic rings. The number of hydrogen-bond acceptors (Lipinski definition) is 5. The third kappa shape index (κ3) is 3.96. The van der Waals surface area contributed by atoms with Crippen molar-refractivity contribution in [2.45, 2.75) is 44.6 Å². The third-order valence-electron chi connectivity index (χ3n) is 6.43. The highest BCUT2D eigenvalue weighted by Crippen LogP contribution is 2.39. The molecule has 0 aliphatic heterocycles. The molecule has 0 bridgehead atoms. The lowest BCUT2D eigenvalue weighted by Gasteiger charge is -2.25. The number of halogens is 1. The number of nitrogens with zero attached hydrogens (tertiary/aromatic N) is 7. The largest absolute Gasteiger partial charge is 0.271 e. The van der Waals surface area contributed by atoms with Crippen LogP contribution in [0.4, 0.5) is 4.39 Å². The fourth-order valence-electron chi connectivity index (χ4n) is 4.68. The summed E-state index contributed by atoms with van der Waals surface area (Å²) in [4.78, 5) is 4.68. The highest BCUT2D eigenvalue weighted by atomic mass is 19.1. The van der Waals surface area contributed by atoms with Crippen molar-refractivity contribution < 1.29 is 4.39 Å². The Balaban J connectivity index is 1.49. The number of benzene rings is 1. The van der Waals surface area contributed by atoms with Crippen LogP contribution in [0, 0.1) is 34.4 Å². The van der Waals surface area contributed by atoms with Crippen LogP contribution in [0.15, 0.2) is 49.2 Å². The van der Waals surface area contributed by atoms with Gasteiger partial charge >= 0.3 is 0 Å². The van der Waals surface area contributed by atoms with Crippen LogP contribution >= 0.6 is 0 Å². The molecule has 0 saturated heterocycles. The van der Waals surface area contributed by atoms with E-state index < -0.39 is 0 Å². The lowest BCUT2D eigenvalue weighted by Crippen LogP contribution is -2.14. The molecular formula is C25H22FN7. The summed E-state index contributed by atoms with van der Waals surface area (Å²) in [5.41, 5.74) is 4.58. The molecule has 7 nitrogen and oxygen atoms in total. The van der Waals surface area contributed by atoms with Crippen molar-refractivity contribution in [3.05, 3.63) is 60.7 Å². The molecule has 1 fully saturated rings. The van der Waals surface area contributed by atoms with Crippen LogP contribution in [0.5, 0.6) is 0 Å². The molecule has 3 aromatic heterocycles. The molecule has 0 atom stereocenters. The minimum absolute atomic E-state index is 0.122. The average Bonchev–Trinajstić information content (AvgIpc) is 3.50. The van der Waals surface area contributed by atoms with E-state index in [9.17, 15) is 5.26 Å². The molecule has 164 valence electrons. The van der Waals surface area contributed by atoms with Crippen LogP contribution in [-0.4, -0.2) is 24.4 Å². The van der Waals surface area contributed by atoms with Crippen molar-refractivity contribution in [3.8, 4) is 34.4 Å². The van der Waals surface area contributed by atoms with Gasteiger partial charge in [-0.3, -0.25) is 9.67 Å². The molecule has 0 amide bonds. The van der Waals surface area contributed by atoms with Gasteiger partial charge in [0.25, 0.3) is 0 Å². The second kappa shape index (κ2) is 8.84. The molecule has 0 spiro atoms. The number of nitriles is 2. The van der Waals surface area contributed by atoms with Crippen molar-refractivity contribution in [1.29, 1.82) is 10.5 Å². The van der Waals surface area contributed by atoms with Gasteiger partial charge in [0.2, 0.25) is 0 Å². The predicted octanol–water partition coefficient (Wildman–Crippen LogP) is 5.11. The van der Waals surface area contributed by atoms with Crippen LogP contribution in [0.1, 0.15) is 43.7 Å². The Bertz CT molecular complexity index is 1380. The molecule has 3 heterocycles. The molecule has 1 aromatic carbocycles. The zero-order valence-electron chi connectivity index (χ0n) is 18.0. The second-order valence-corrected chi connectivity index (χ2v) is 8.44. The Labute approximate surface area is 190 Å². The standard InChI is InChI=1S/C25H22FN7/c26-23-12-19(6-7-21(23)20-14-30-32(16-20)10-1-8-27)22-15-31-33-11-9-29-24(25(22)33)18-4-2-17(13-28)3-5-18/h6-7,9,11-12,14-18H,1-5,10H2. The molecule has 5 rings (SSSR count). The van der Waals surface area contributed by atoms with E-state index in [4.69, 9.17) is 5.26 Å². The van der Waals surface area contributed by atoms with Gasteiger partial charge in [0.15, 0.2) is 0 Å². The summed E-state index contributed by atoms with van der Waals surface area (Å²) in [6.45, 7) is 0.477. The molecule has 0 radical (unpaired) electrons. The summed E-state index contributed by atoms with van der Waals surface area (Å²) in [7, 11) is 0. The lowest BCUT2D eigenvalue weighted by molar-refractivity contribution is 0.378. The van der Waals surface area contributed by atoms with E-state index in [2.05, 4.69) is 27.3 Å². The maximum atomic E-state index is 15.2. The van der Waals surface area contributed by atoms with E-state index in [1.807, 2.05) is 12.3 Å². The first-order valence-electron chi connectivity index (χ1n) is 11.1. The Hall–Kier alpha value is -4.04. The summed E-state index contributed by atoms with van der Waals surface area (Å²) in [6, 6.07) is 9.65. The van der Waals surface area contributed by atoms with Crippen LogP contribution < -0.4 is 0 Å². The van der Waals surface area contributed by atoms with Gasteiger partial charge in [-0.1, -0.05) is 12.1 Å². The van der Waals surface area contributed by atoms with Gasteiger partial charge in [-0.25, -0.2) is 8.91 Å². The van der Waals surface area contributed by atoms with Crippen molar-refractivity contribution in [1.82, 2.24) is 24.4 Å². The quantitative estimate of drug-likeness (QED) is 0.431. The molecule has 0 N–H and O–H groups in total. The maximum Gasteiger partial charge on any atom is 0.131 e. The average molecular weight is 439 g/mol. The van der Waals surface area contributed by atoms with Gasteiger partial charge < -0.3 is 0 Å². The monoisotopic (exact) mass is 439 g/mol. The van der Waals surface area contributed by atoms with Crippen molar-refractivity contribution >= 4 is 5.52 Å². The summed E-state index contributed by atoms with van der Waals surface area (Å²) < 4.78 is 18.6. The number of aryl methyl sites for hydroxylation is 1. The van der Waals surface area contributed by atoms with Gasteiger partial charge in [0.1, 0.15) is 5.82 Å². The Morgan fingerprint density at radius 2 is 1.88 bits per heavy atom. The van der Waals surface area contributed by atoms with E-state index in [0.29, 0.717) is 24.1 Å². The summed E-state index contributed by atoms with van der Waals surface area (Å²) >= 11 is 0. The summed E-state index contributed by atoms with van der Waals surface area (Å²) in [6.07, 6.45) is 12.6. The van der Waals surface area contributed by atoms with Crippen LogP contribution in [-0.2, 0) is 6.54 Å². The van der Waals surface area contributed by atoms with Gasteiger partial charge in [0, 0.05) is 47.1 Å². The Morgan fingerprint density at radius 1 is 1.03 bits per heavy atom. The zero-order chi connectivity index (χ0) is 22.8. The molecule has 8 heteroatoms. The van der Waals surface area contributed by atoms with Crippen molar-refractivity contribution in [3.63, 3.8) is 0 Å². The molecule has 0 unspecified atom stereocenters. The number of fused-ring (bicyclic) bond motifs is 1. The predicted molar refractivity (Wildman–Crippen MR) is 120 cm³/mol. The van der Waals surface area contributed by atoms with E-state index in [1.54, 1.807) is 40.1 Å². The SMILES string of the molecule is N#CCCn1cc(-c2ccc(-c3cnn4ccnc(C5CCC(C#N)CC5)c34)cc2F)cn1. The smallest absolute Gasteiger partial charge is 0.131 e. The molecular weight excluding hydrogens is 417 g/mol. The lowest BCUT2D eigenvalue weighted by atomic mass is 9.80. The van der Waals surface area contributed by atoms with E-state index in [-0.39, 0.29) is 17.7 Å². The van der Waals surface area contributed by atoms with Crippen molar-refractivity contribution in [2.24, 2.45) is 5.92 Å². The summed E-state index contributed by atoms with van der Waals surface area (Å²) in [5.74, 6) is 0.0417. The van der Waals surface area contributed by atoms with Gasteiger partial charge in [-0.15, -0.1) is 0 Å². The topological polar surface area (TPSA) is 95.6 Å². The highest BCUT2D eigenvalue weighted by Gasteiger charge is 2.26. The second-order valence-electron chi connectivity index (χ2n) is 8.44. The summed E-state index contributed by atoms with van der Waals surface area (Å²) in [5, 5.41) is 26.7. The van der Waals surface area contributed by atoms with Gasteiger partial charge in [0.05, 0.1) is 48.7 Å². The fourth-order valence-corrected chi connectivity index (χ4v) is 4.68. The van der Waals surface area contributed by atoms with Gasteiger partial charge in [-0.05, 0) is 37.3 Å².